The maximum Gasteiger partial charge on any atom is 0.295 e. The molecular formula is C21H22F2N4O2. The zero-order valence-corrected chi connectivity index (χ0v) is 15.8. The summed E-state index contributed by atoms with van der Waals surface area (Å²) in [6.45, 7) is 4.60. The van der Waals surface area contributed by atoms with Crippen LogP contribution in [0.5, 0.6) is 0 Å². The van der Waals surface area contributed by atoms with E-state index in [1.165, 1.54) is 5.56 Å². The number of ether oxygens (including phenoxy) is 1. The number of carbonyl (C=O) groups is 1. The summed E-state index contributed by atoms with van der Waals surface area (Å²) in [6, 6.07) is 12.8. The Morgan fingerprint density at radius 2 is 1.97 bits per heavy atom. The number of morpholine rings is 1. The van der Waals surface area contributed by atoms with Gasteiger partial charge in [-0.05, 0) is 29.3 Å². The van der Waals surface area contributed by atoms with Crippen LogP contribution >= 0.6 is 0 Å². The molecule has 29 heavy (non-hydrogen) atoms. The topological polar surface area (TPSA) is 70.2 Å². The van der Waals surface area contributed by atoms with Crippen molar-refractivity contribution in [2.75, 3.05) is 26.3 Å². The van der Waals surface area contributed by atoms with Crippen molar-refractivity contribution in [3.8, 4) is 0 Å². The summed E-state index contributed by atoms with van der Waals surface area (Å²) < 4.78 is 30.9. The van der Waals surface area contributed by atoms with Crippen molar-refractivity contribution >= 4 is 16.9 Å². The smallest absolute Gasteiger partial charge is 0.295 e. The Balaban J connectivity index is 1.39. The van der Waals surface area contributed by atoms with Crippen LogP contribution in [0.3, 0.4) is 0 Å². The van der Waals surface area contributed by atoms with E-state index in [-0.39, 0.29) is 5.91 Å². The Hall–Kier alpha value is -2.84. The van der Waals surface area contributed by atoms with Gasteiger partial charge in [0, 0.05) is 31.7 Å². The van der Waals surface area contributed by atoms with Crippen molar-refractivity contribution in [2.24, 2.45) is 0 Å². The number of aromatic amines is 1. The summed E-state index contributed by atoms with van der Waals surface area (Å²) in [5, 5.41) is 2.89. The van der Waals surface area contributed by atoms with Gasteiger partial charge in [-0.15, -0.1) is 0 Å². The van der Waals surface area contributed by atoms with Gasteiger partial charge in [-0.1, -0.05) is 24.3 Å². The number of imidazole rings is 1. The van der Waals surface area contributed by atoms with E-state index in [4.69, 9.17) is 4.74 Å². The molecule has 0 aliphatic carbocycles. The molecular weight excluding hydrogens is 378 g/mol. The molecule has 0 unspecified atom stereocenters. The Labute approximate surface area is 166 Å². The summed E-state index contributed by atoms with van der Waals surface area (Å²) in [5.74, 6) is -0.659. The average molecular weight is 400 g/mol. The number of aromatic nitrogens is 2. The zero-order valence-electron chi connectivity index (χ0n) is 15.8. The summed E-state index contributed by atoms with van der Waals surface area (Å²) in [4.78, 5) is 21.2. The van der Waals surface area contributed by atoms with Crippen molar-refractivity contribution in [1.82, 2.24) is 20.2 Å². The summed E-state index contributed by atoms with van der Waals surface area (Å²) >= 11 is 0. The first-order chi connectivity index (χ1) is 14.1. The van der Waals surface area contributed by atoms with Gasteiger partial charge in [0.2, 0.25) is 0 Å². The van der Waals surface area contributed by atoms with Gasteiger partial charge < -0.3 is 15.0 Å². The van der Waals surface area contributed by atoms with Crippen LogP contribution < -0.4 is 5.32 Å². The molecule has 1 aliphatic heterocycles. The fraction of sp³-hybridized carbons (Fsp3) is 0.333. The van der Waals surface area contributed by atoms with Gasteiger partial charge in [-0.3, -0.25) is 9.69 Å². The third kappa shape index (κ3) is 4.78. The Morgan fingerprint density at radius 3 is 2.76 bits per heavy atom. The minimum absolute atomic E-state index is 0.265. The Kier molecular flexibility index (Phi) is 5.82. The first-order valence-corrected chi connectivity index (χ1v) is 9.52. The van der Waals surface area contributed by atoms with Gasteiger partial charge in [0.25, 0.3) is 12.3 Å². The first-order valence-electron chi connectivity index (χ1n) is 9.52. The third-order valence-corrected chi connectivity index (χ3v) is 4.92. The molecule has 3 aromatic rings. The van der Waals surface area contributed by atoms with E-state index in [0.29, 0.717) is 23.1 Å². The number of carbonyl (C=O) groups excluding carboxylic acids is 1. The molecule has 2 aromatic carbocycles. The Bertz CT molecular complexity index is 999. The summed E-state index contributed by atoms with van der Waals surface area (Å²) in [6.07, 6.45) is -2.68. The molecule has 1 aromatic heterocycles. The molecule has 1 amide bonds. The molecule has 0 atom stereocenters. The van der Waals surface area contributed by atoms with Crippen LogP contribution in [0, 0.1) is 0 Å². The van der Waals surface area contributed by atoms with Crippen LogP contribution in [0.15, 0.2) is 42.5 Å². The van der Waals surface area contributed by atoms with Crippen LogP contribution in [0.2, 0.25) is 0 Å². The van der Waals surface area contributed by atoms with Gasteiger partial charge in [0.15, 0.2) is 5.82 Å². The number of nitrogens with one attached hydrogen (secondary N) is 2. The van der Waals surface area contributed by atoms with E-state index in [2.05, 4.69) is 32.3 Å². The molecule has 0 saturated carbocycles. The average Bonchev–Trinajstić information content (AvgIpc) is 3.17. The second-order valence-electron chi connectivity index (χ2n) is 7.05. The molecule has 1 aliphatic rings. The third-order valence-electron chi connectivity index (χ3n) is 4.92. The highest BCUT2D eigenvalue weighted by atomic mass is 19.3. The van der Waals surface area contributed by atoms with E-state index in [9.17, 15) is 13.6 Å². The van der Waals surface area contributed by atoms with Gasteiger partial charge >= 0.3 is 0 Å². The lowest BCUT2D eigenvalue weighted by Gasteiger charge is -2.26. The fourth-order valence-electron chi connectivity index (χ4n) is 3.41. The van der Waals surface area contributed by atoms with Crippen LogP contribution in [-0.4, -0.2) is 47.1 Å². The van der Waals surface area contributed by atoms with Crippen LogP contribution in [0.1, 0.15) is 33.7 Å². The number of benzene rings is 2. The van der Waals surface area contributed by atoms with E-state index >= 15 is 0 Å². The number of alkyl halides is 2. The standard InChI is InChI=1S/C21H22F2N4O2/c22-19(23)20-25-17-5-4-16(11-18(17)26-20)21(28)24-12-14-2-1-3-15(10-14)13-27-6-8-29-9-7-27/h1-5,10-11,19H,6-9,12-13H2,(H,24,28)(H,25,26). The number of nitrogens with zero attached hydrogens (tertiary/aromatic N) is 2. The second kappa shape index (κ2) is 8.67. The zero-order chi connectivity index (χ0) is 20.2. The second-order valence-corrected chi connectivity index (χ2v) is 7.05. The Morgan fingerprint density at radius 1 is 1.17 bits per heavy atom. The highest BCUT2D eigenvalue weighted by Gasteiger charge is 2.14. The number of hydrogen-bond acceptors (Lipinski definition) is 4. The number of rotatable bonds is 6. The number of H-pyrrole nitrogens is 1. The molecule has 8 heteroatoms. The molecule has 1 saturated heterocycles. The number of amides is 1. The molecule has 0 radical (unpaired) electrons. The predicted molar refractivity (Wildman–Crippen MR) is 105 cm³/mol. The predicted octanol–water partition coefficient (Wildman–Crippen LogP) is 3.26. The van der Waals surface area contributed by atoms with Crippen molar-refractivity contribution < 1.29 is 18.3 Å². The number of halogens is 2. The van der Waals surface area contributed by atoms with Crippen molar-refractivity contribution in [3.63, 3.8) is 0 Å². The van der Waals surface area contributed by atoms with Crippen LogP contribution in [0.25, 0.3) is 11.0 Å². The highest BCUT2D eigenvalue weighted by molar-refractivity contribution is 5.97. The molecule has 0 bridgehead atoms. The van der Waals surface area contributed by atoms with Gasteiger partial charge in [0.1, 0.15) is 0 Å². The summed E-state index contributed by atoms with van der Waals surface area (Å²) in [5.41, 5.74) is 3.42. The minimum Gasteiger partial charge on any atom is -0.379 e. The lowest BCUT2D eigenvalue weighted by atomic mass is 10.1. The first kappa shape index (κ1) is 19.5. The van der Waals surface area contributed by atoms with Crippen LogP contribution in [-0.2, 0) is 17.8 Å². The van der Waals surface area contributed by atoms with Crippen LogP contribution in [0.4, 0.5) is 8.78 Å². The van der Waals surface area contributed by atoms with Crippen molar-refractivity contribution in [1.29, 1.82) is 0 Å². The molecule has 4 rings (SSSR count). The monoisotopic (exact) mass is 400 g/mol. The maximum absolute atomic E-state index is 12.8. The molecule has 2 N–H and O–H groups in total. The normalized spacial score (nSPS) is 15.1. The SMILES string of the molecule is O=C(NCc1cccc(CN2CCOCC2)c1)c1ccc2nc(C(F)F)[nH]c2c1. The van der Waals surface area contributed by atoms with E-state index in [1.807, 2.05) is 12.1 Å². The molecule has 1 fully saturated rings. The molecule has 2 heterocycles. The van der Waals surface area contributed by atoms with E-state index in [1.54, 1.807) is 18.2 Å². The van der Waals surface area contributed by atoms with E-state index in [0.717, 1.165) is 38.4 Å². The molecule has 0 spiro atoms. The number of hydrogen-bond donors (Lipinski definition) is 2. The van der Waals surface area contributed by atoms with Crippen molar-refractivity contribution in [2.45, 2.75) is 19.5 Å². The lowest BCUT2D eigenvalue weighted by molar-refractivity contribution is 0.0342. The van der Waals surface area contributed by atoms with Gasteiger partial charge in [-0.25, -0.2) is 13.8 Å². The molecule has 6 nitrogen and oxygen atoms in total. The minimum atomic E-state index is -2.68. The van der Waals surface area contributed by atoms with E-state index < -0.39 is 12.2 Å². The fourth-order valence-corrected chi connectivity index (χ4v) is 3.41. The summed E-state index contributed by atoms with van der Waals surface area (Å²) in [7, 11) is 0. The largest absolute Gasteiger partial charge is 0.379 e. The molecule has 152 valence electrons. The van der Waals surface area contributed by atoms with Gasteiger partial charge in [-0.2, -0.15) is 0 Å². The highest BCUT2D eigenvalue weighted by Crippen LogP contribution is 2.20. The quantitative estimate of drug-likeness (QED) is 0.666. The maximum atomic E-state index is 12.8. The van der Waals surface area contributed by atoms with Crippen molar-refractivity contribution in [3.05, 3.63) is 65.0 Å². The van der Waals surface area contributed by atoms with Gasteiger partial charge in [0.05, 0.1) is 24.2 Å². The lowest BCUT2D eigenvalue weighted by Crippen LogP contribution is -2.35. The number of fused-ring (bicyclic) bond motifs is 1.